The molecule has 0 aliphatic heterocycles. The molecule has 0 heterocycles. The maximum absolute atomic E-state index is 5.43. The summed E-state index contributed by atoms with van der Waals surface area (Å²) >= 11 is 0. The second-order valence-corrected chi connectivity index (χ2v) is 3.50. The van der Waals surface area contributed by atoms with Crippen LogP contribution in [0.25, 0.3) is 0 Å². The lowest BCUT2D eigenvalue weighted by molar-refractivity contribution is 0.414. The third-order valence-corrected chi connectivity index (χ3v) is 2.17. The van der Waals surface area contributed by atoms with E-state index in [1.54, 1.807) is 7.11 Å². The van der Waals surface area contributed by atoms with Gasteiger partial charge >= 0.3 is 0 Å². The standard InChI is InChI=1S/C12H14O/c1-5-12(2,3)10-6-8-11(13-4)9-7-10/h1,6-9H,2-4H3. The van der Waals surface area contributed by atoms with Crippen LogP contribution in [-0.2, 0) is 5.41 Å². The molecule has 0 saturated heterocycles. The maximum Gasteiger partial charge on any atom is 0.118 e. The van der Waals surface area contributed by atoms with Gasteiger partial charge < -0.3 is 4.74 Å². The zero-order chi connectivity index (χ0) is 9.90. The molecule has 0 unspecified atom stereocenters. The first-order valence-electron chi connectivity index (χ1n) is 4.22. The molecule has 0 aliphatic rings. The van der Waals surface area contributed by atoms with Gasteiger partial charge in [-0.05, 0) is 31.5 Å². The highest BCUT2D eigenvalue weighted by atomic mass is 16.5. The topological polar surface area (TPSA) is 9.23 Å². The summed E-state index contributed by atoms with van der Waals surface area (Å²) in [7, 11) is 1.65. The van der Waals surface area contributed by atoms with Crippen molar-refractivity contribution in [3.8, 4) is 18.1 Å². The summed E-state index contributed by atoms with van der Waals surface area (Å²) in [6, 6.07) is 7.85. The van der Waals surface area contributed by atoms with Gasteiger partial charge in [-0.2, -0.15) is 0 Å². The fourth-order valence-corrected chi connectivity index (χ4v) is 1.09. The second kappa shape index (κ2) is 3.53. The smallest absolute Gasteiger partial charge is 0.118 e. The van der Waals surface area contributed by atoms with Crippen molar-refractivity contribution in [3.63, 3.8) is 0 Å². The lowest BCUT2D eigenvalue weighted by atomic mass is 9.86. The number of ether oxygens (including phenoxy) is 1. The van der Waals surface area contributed by atoms with E-state index in [0.29, 0.717) is 0 Å². The number of hydrogen-bond donors (Lipinski definition) is 0. The zero-order valence-corrected chi connectivity index (χ0v) is 8.29. The van der Waals surface area contributed by atoms with E-state index in [4.69, 9.17) is 11.2 Å². The summed E-state index contributed by atoms with van der Waals surface area (Å²) in [4.78, 5) is 0. The average molecular weight is 174 g/mol. The molecule has 0 spiro atoms. The molecular weight excluding hydrogens is 160 g/mol. The van der Waals surface area contributed by atoms with Crippen LogP contribution in [0.5, 0.6) is 5.75 Å². The Morgan fingerprint density at radius 3 is 2.15 bits per heavy atom. The molecule has 0 atom stereocenters. The average Bonchev–Trinajstić information content (AvgIpc) is 2.18. The largest absolute Gasteiger partial charge is 0.497 e. The van der Waals surface area contributed by atoms with Crippen molar-refractivity contribution in [3.05, 3.63) is 29.8 Å². The molecular formula is C12H14O. The molecule has 1 nitrogen and oxygen atoms in total. The van der Waals surface area contributed by atoms with E-state index in [2.05, 4.69) is 5.92 Å². The first-order chi connectivity index (χ1) is 6.10. The van der Waals surface area contributed by atoms with Crippen molar-refractivity contribution in [2.24, 2.45) is 0 Å². The molecule has 0 fully saturated rings. The molecule has 1 aromatic carbocycles. The lowest BCUT2D eigenvalue weighted by Crippen LogP contribution is -2.13. The van der Waals surface area contributed by atoms with Crippen molar-refractivity contribution in [2.45, 2.75) is 19.3 Å². The normalized spacial score (nSPS) is 10.6. The van der Waals surface area contributed by atoms with E-state index in [-0.39, 0.29) is 5.41 Å². The van der Waals surface area contributed by atoms with Crippen molar-refractivity contribution in [1.29, 1.82) is 0 Å². The Hall–Kier alpha value is -1.42. The summed E-state index contributed by atoms with van der Waals surface area (Å²) in [5.41, 5.74) is 0.933. The molecule has 0 N–H and O–H groups in total. The van der Waals surface area contributed by atoms with Gasteiger partial charge in [0, 0.05) is 0 Å². The Morgan fingerprint density at radius 2 is 1.77 bits per heavy atom. The minimum absolute atomic E-state index is 0.202. The lowest BCUT2D eigenvalue weighted by Gasteiger charge is -2.17. The fourth-order valence-electron chi connectivity index (χ4n) is 1.09. The van der Waals surface area contributed by atoms with Crippen LogP contribution < -0.4 is 4.74 Å². The van der Waals surface area contributed by atoms with E-state index in [1.807, 2.05) is 38.1 Å². The van der Waals surface area contributed by atoms with Gasteiger partial charge in [-0.1, -0.05) is 18.1 Å². The van der Waals surface area contributed by atoms with E-state index in [9.17, 15) is 0 Å². The van der Waals surface area contributed by atoms with Crippen LogP contribution in [0.15, 0.2) is 24.3 Å². The number of methoxy groups -OCH3 is 1. The zero-order valence-electron chi connectivity index (χ0n) is 8.29. The van der Waals surface area contributed by atoms with Crippen LogP contribution in [0.3, 0.4) is 0 Å². The third-order valence-electron chi connectivity index (χ3n) is 2.17. The summed E-state index contributed by atoms with van der Waals surface area (Å²) in [5.74, 6) is 3.61. The van der Waals surface area contributed by atoms with Gasteiger partial charge in [-0.15, -0.1) is 6.42 Å². The summed E-state index contributed by atoms with van der Waals surface area (Å²) in [6.45, 7) is 4.05. The van der Waals surface area contributed by atoms with Crippen LogP contribution >= 0.6 is 0 Å². The highest BCUT2D eigenvalue weighted by Crippen LogP contribution is 2.23. The van der Waals surface area contributed by atoms with Crippen LogP contribution in [0.4, 0.5) is 0 Å². The third kappa shape index (κ3) is 2.03. The summed E-state index contributed by atoms with van der Waals surface area (Å²) in [6.07, 6.45) is 5.43. The molecule has 0 aliphatic carbocycles. The van der Waals surface area contributed by atoms with Crippen LogP contribution in [-0.4, -0.2) is 7.11 Å². The van der Waals surface area contributed by atoms with E-state index < -0.39 is 0 Å². The molecule has 1 aromatic rings. The molecule has 0 radical (unpaired) electrons. The van der Waals surface area contributed by atoms with Gasteiger partial charge in [0.25, 0.3) is 0 Å². The molecule has 13 heavy (non-hydrogen) atoms. The molecule has 68 valence electrons. The molecule has 1 rings (SSSR count). The molecule has 0 amide bonds. The van der Waals surface area contributed by atoms with E-state index in [0.717, 1.165) is 11.3 Å². The Morgan fingerprint density at radius 1 is 1.23 bits per heavy atom. The van der Waals surface area contributed by atoms with Crippen molar-refractivity contribution in [1.82, 2.24) is 0 Å². The fraction of sp³-hybridized carbons (Fsp3) is 0.333. The van der Waals surface area contributed by atoms with Crippen molar-refractivity contribution >= 4 is 0 Å². The minimum Gasteiger partial charge on any atom is -0.497 e. The number of hydrogen-bond acceptors (Lipinski definition) is 1. The molecule has 0 bridgehead atoms. The predicted molar refractivity (Wildman–Crippen MR) is 54.9 cm³/mol. The van der Waals surface area contributed by atoms with E-state index in [1.165, 1.54) is 0 Å². The first kappa shape index (κ1) is 9.67. The van der Waals surface area contributed by atoms with Gasteiger partial charge in [-0.25, -0.2) is 0 Å². The highest BCUT2D eigenvalue weighted by Gasteiger charge is 2.16. The summed E-state index contributed by atoms with van der Waals surface area (Å²) in [5, 5.41) is 0. The maximum atomic E-state index is 5.43. The van der Waals surface area contributed by atoms with Gasteiger partial charge in [0.1, 0.15) is 5.75 Å². The van der Waals surface area contributed by atoms with E-state index >= 15 is 0 Å². The Kier molecular flexibility index (Phi) is 2.63. The molecule has 0 aromatic heterocycles. The van der Waals surface area contributed by atoms with Crippen LogP contribution in [0.1, 0.15) is 19.4 Å². The highest BCUT2D eigenvalue weighted by molar-refractivity contribution is 5.36. The molecule has 0 saturated carbocycles. The Labute approximate surface area is 79.7 Å². The first-order valence-corrected chi connectivity index (χ1v) is 4.22. The Bertz CT molecular complexity index is 314. The van der Waals surface area contributed by atoms with Crippen LogP contribution in [0, 0.1) is 12.3 Å². The van der Waals surface area contributed by atoms with Crippen molar-refractivity contribution < 1.29 is 4.74 Å². The van der Waals surface area contributed by atoms with Gasteiger partial charge in [-0.3, -0.25) is 0 Å². The van der Waals surface area contributed by atoms with Gasteiger partial charge in [0.2, 0.25) is 0 Å². The predicted octanol–water partition coefficient (Wildman–Crippen LogP) is 2.61. The second-order valence-electron chi connectivity index (χ2n) is 3.50. The minimum atomic E-state index is -0.202. The van der Waals surface area contributed by atoms with Crippen molar-refractivity contribution in [2.75, 3.05) is 7.11 Å². The number of rotatable bonds is 2. The number of benzene rings is 1. The SMILES string of the molecule is C#CC(C)(C)c1ccc(OC)cc1. The molecule has 1 heteroatoms. The summed E-state index contributed by atoms with van der Waals surface area (Å²) < 4.78 is 5.06. The van der Waals surface area contributed by atoms with Gasteiger partial charge in [0.15, 0.2) is 0 Å². The van der Waals surface area contributed by atoms with Gasteiger partial charge in [0.05, 0.1) is 12.5 Å². The van der Waals surface area contributed by atoms with Crippen LogP contribution in [0.2, 0.25) is 0 Å². The Balaban J connectivity index is 3.00. The quantitative estimate of drug-likeness (QED) is 0.626. The number of terminal acetylenes is 1. The monoisotopic (exact) mass is 174 g/mol.